The molecular formula is C13H14ClN3O. The van der Waals surface area contributed by atoms with E-state index in [4.69, 9.17) is 11.6 Å². The summed E-state index contributed by atoms with van der Waals surface area (Å²) in [5, 5.41) is 7.54. The Bertz CT molecular complexity index is 604. The summed E-state index contributed by atoms with van der Waals surface area (Å²) in [7, 11) is 1.84. The third-order valence-electron chi connectivity index (χ3n) is 2.87. The van der Waals surface area contributed by atoms with Crippen LogP contribution in [0.5, 0.6) is 0 Å². The fourth-order valence-corrected chi connectivity index (χ4v) is 2.00. The molecule has 0 radical (unpaired) electrons. The zero-order valence-corrected chi connectivity index (χ0v) is 11.2. The van der Waals surface area contributed by atoms with Gasteiger partial charge in [-0.2, -0.15) is 5.10 Å². The van der Waals surface area contributed by atoms with Gasteiger partial charge in [-0.1, -0.05) is 23.7 Å². The van der Waals surface area contributed by atoms with Gasteiger partial charge in [-0.05, 0) is 26.0 Å². The number of carbonyl (C=O) groups is 1. The molecule has 1 aromatic carbocycles. The first-order chi connectivity index (χ1) is 8.50. The summed E-state index contributed by atoms with van der Waals surface area (Å²) >= 11 is 5.99. The normalized spacial score (nSPS) is 10.4. The topological polar surface area (TPSA) is 46.9 Å². The quantitative estimate of drug-likeness (QED) is 0.906. The van der Waals surface area contributed by atoms with Gasteiger partial charge in [0.2, 0.25) is 0 Å². The Hall–Kier alpha value is -1.81. The van der Waals surface area contributed by atoms with Crippen molar-refractivity contribution in [3.8, 4) is 0 Å². The number of rotatable bonds is 2. The van der Waals surface area contributed by atoms with Gasteiger partial charge in [0.1, 0.15) is 0 Å². The van der Waals surface area contributed by atoms with Crippen LogP contribution in [-0.2, 0) is 7.05 Å². The lowest BCUT2D eigenvalue weighted by atomic mass is 10.2. The van der Waals surface area contributed by atoms with Crippen molar-refractivity contribution in [2.75, 3.05) is 5.32 Å². The van der Waals surface area contributed by atoms with Gasteiger partial charge in [0, 0.05) is 7.05 Å². The number of aryl methyl sites for hydroxylation is 2. The number of anilines is 1. The van der Waals surface area contributed by atoms with Crippen molar-refractivity contribution in [3.05, 3.63) is 46.2 Å². The molecule has 4 nitrogen and oxygen atoms in total. The summed E-state index contributed by atoms with van der Waals surface area (Å²) in [5.74, 6) is -0.222. The number of hydrogen-bond acceptors (Lipinski definition) is 2. The van der Waals surface area contributed by atoms with E-state index in [0.717, 1.165) is 17.1 Å². The number of hydrogen-bond donors (Lipinski definition) is 1. The summed E-state index contributed by atoms with van der Waals surface area (Å²) < 4.78 is 1.73. The number of benzene rings is 1. The van der Waals surface area contributed by atoms with E-state index in [-0.39, 0.29) is 5.91 Å². The van der Waals surface area contributed by atoms with Gasteiger partial charge in [-0.3, -0.25) is 9.48 Å². The van der Waals surface area contributed by atoms with Gasteiger partial charge in [-0.15, -0.1) is 0 Å². The third kappa shape index (κ3) is 2.24. The molecule has 0 fully saturated rings. The highest BCUT2D eigenvalue weighted by molar-refractivity contribution is 6.34. The van der Waals surface area contributed by atoms with Crippen LogP contribution in [0.4, 0.5) is 5.69 Å². The molecule has 0 aliphatic rings. The lowest BCUT2D eigenvalue weighted by Gasteiger charge is -2.06. The van der Waals surface area contributed by atoms with E-state index >= 15 is 0 Å². The number of amides is 1. The predicted octanol–water partition coefficient (Wildman–Crippen LogP) is 2.94. The Balaban J connectivity index is 2.30. The molecule has 1 amide bonds. The minimum absolute atomic E-state index is 0.222. The first kappa shape index (κ1) is 12.6. The summed E-state index contributed by atoms with van der Waals surface area (Å²) in [6, 6.07) is 6.96. The van der Waals surface area contributed by atoms with Crippen LogP contribution in [0.2, 0.25) is 5.02 Å². The first-order valence-electron chi connectivity index (χ1n) is 5.56. The van der Waals surface area contributed by atoms with Gasteiger partial charge < -0.3 is 5.32 Å². The van der Waals surface area contributed by atoms with E-state index in [1.54, 1.807) is 28.9 Å². The summed E-state index contributed by atoms with van der Waals surface area (Å²) in [4.78, 5) is 12.1. The van der Waals surface area contributed by atoms with Crippen molar-refractivity contribution in [1.82, 2.24) is 9.78 Å². The highest BCUT2D eigenvalue weighted by Gasteiger charge is 2.15. The minimum atomic E-state index is -0.222. The summed E-state index contributed by atoms with van der Waals surface area (Å²) in [6.45, 7) is 3.76. The fourth-order valence-electron chi connectivity index (χ4n) is 1.78. The molecular weight excluding hydrogens is 250 g/mol. The van der Waals surface area contributed by atoms with Crippen LogP contribution in [0, 0.1) is 13.8 Å². The smallest absolute Gasteiger partial charge is 0.257 e. The SMILES string of the molecule is Cc1nn(C)c(C)c1NC(=O)c1ccccc1Cl. The zero-order valence-electron chi connectivity index (χ0n) is 10.5. The Morgan fingerprint density at radius 3 is 2.56 bits per heavy atom. The van der Waals surface area contributed by atoms with Gasteiger partial charge in [-0.25, -0.2) is 0 Å². The molecule has 2 aromatic rings. The van der Waals surface area contributed by atoms with E-state index in [1.807, 2.05) is 20.9 Å². The molecule has 18 heavy (non-hydrogen) atoms. The third-order valence-corrected chi connectivity index (χ3v) is 3.20. The molecule has 0 aliphatic carbocycles. The number of halogens is 1. The van der Waals surface area contributed by atoms with E-state index in [0.29, 0.717) is 10.6 Å². The monoisotopic (exact) mass is 263 g/mol. The van der Waals surface area contributed by atoms with E-state index in [9.17, 15) is 4.79 Å². The van der Waals surface area contributed by atoms with Crippen LogP contribution < -0.4 is 5.32 Å². The predicted molar refractivity (Wildman–Crippen MR) is 72.1 cm³/mol. The summed E-state index contributed by atoms with van der Waals surface area (Å²) in [6.07, 6.45) is 0. The van der Waals surface area contributed by atoms with Gasteiger partial charge >= 0.3 is 0 Å². The van der Waals surface area contributed by atoms with Gasteiger partial charge in [0.05, 0.1) is 27.7 Å². The highest BCUT2D eigenvalue weighted by atomic mass is 35.5. The first-order valence-corrected chi connectivity index (χ1v) is 5.94. The fraction of sp³-hybridized carbons (Fsp3) is 0.231. The van der Waals surface area contributed by atoms with Crippen molar-refractivity contribution in [1.29, 1.82) is 0 Å². The van der Waals surface area contributed by atoms with Gasteiger partial charge in [0.15, 0.2) is 0 Å². The van der Waals surface area contributed by atoms with Crippen LogP contribution in [0.1, 0.15) is 21.7 Å². The second-order valence-electron chi connectivity index (χ2n) is 4.10. The molecule has 2 rings (SSSR count). The van der Waals surface area contributed by atoms with E-state index in [2.05, 4.69) is 10.4 Å². The Morgan fingerprint density at radius 2 is 2.00 bits per heavy atom. The molecule has 0 spiro atoms. The van der Waals surface area contributed by atoms with Crippen molar-refractivity contribution >= 4 is 23.2 Å². The number of carbonyl (C=O) groups excluding carboxylic acids is 1. The molecule has 1 heterocycles. The van der Waals surface area contributed by atoms with E-state index < -0.39 is 0 Å². The maximum Gasteiger partial charge on any atom is 0.257 e. The maximum atomic E-state index is 12.1. The lowest BCUT2D eigenvalue weighted by Crippen LogP contribution is -2.13. The number of aromatic nitrogens is 2. The maximum absolute atomic E-state index is 12.1. The molecule has 0 saturated carbocycles. The van der Waals surface area contributed by atoms with Crippen LogP contribution in [0.15, 0.2) is 24.3 Å². The zero-order chi connectivity index (χ0) is 13.3. The summed E-state index contributed by atoms with van der Waals surface area (Å²) in [5.41, 5.74) is 2.90. The lowest BCUT2D eigenvalue weighted by molar-refractivity contribution is 0.102. The highest BCUT2D eigenvalue weighted by Crippen LogP contribution is 2.21. The average Bonchev–Trinajstić information content (AvgIpc) is 2.56. The minimum Gasteiger partial charge on any atom is -0.319 e. The molecule has 5 heteroatoms. The molecule has 0 atom stereocenters. The molecule has 0 aliphatic heterocycles. The Kier molecular flexibility index (Phi) is 3.39. The second-order valence-corrected chi connectivity index (χ2v) is 4.51. The molecule has 0 saturated heterocycles. The van der Waals surface area contributed by atoms with Crippen LogP contribution in [0.3, 0.4) is 0 Å². The molecule has 94 valence electrons. The number of nitrogens with zero attached hydrogens (tertiary/aromatic N) is 2. The standard InChI is InChI=1S/C13H14ClN3O/c1-8-12(9(2)17(3)16-8)15-13(18)10-6-4-5-7-11(10)14/h4-7H,1-3H3,(H,15,18). The number of nitrogens with one attached hydrogen (secondary N) is 1. The molecule has 0 bridgehead atoms. The Labute approximate surface area is 111 Å². The Morgan fingerprint density at radius 1 is 1.33 bits per heavy atom. The van der Waals surface area contributed by atoms with Crippen LogP contribution in [0.25, 0.3) is 0 Å². The van der Waals surface area contributed by atoms with Crippen LogP contribution in [-0.4, -0.2) is 15.7 Å². The molecule has 1 aromatic heterocycles. The molecule has 1 N–H and O–H groups in total. The average molecular weight is 264 g/mol. The second kappa shape index (κ2) is 4.82. The van der Waals surface area contributed by atoms with Crippen molar-refractivity contribution in [2.24, 2.45) is 7.05 Å². The van der Waals surface area contributed by atoms with Crippen molar-refractivity contribution in [3.63, 3.8) is 0 Å². The van der Waals surface area contributed by atoms with E-state index in [1.165, 1.54) is 0 Å². The largest absolute Gasteiger partial charge is 0.319 e. The molecule has 0 unspecified atom stereocenters. The van der Waals surface area contributed by atoms with Crippen molar-refractivity contribution < 1.29 is 4.79 Å². The van der Waals surface area contributed by atoms with Crippen molar-refractivity contribution in [2.45, 2.75) is 13.8 Å². The van der Waals surface area contributed by atoms with Gasteiger partial charge in [0.25, 0.3) is 5.91 Å². The van der Waals surface area contributed by atoms with Crippen LogP contribution >= 0.6 is 11.6 Å².